The summed E-state index contributed by atoms with van der Waals surface area (Å²) in [5.41, 5.74) is 1.80. The molecule has 0 aliphatic carbocycles. The molecule has 34 heavy (non-hydrogen) atoms. The molecular weight excluding hydrogens is 438 g/mol. The summed E-state index contributed by atoms with van der Waals surface area (Å²) in [6.07, 6.45) is -0.423. The van der Waals surface area contributed by atoms with Crippen molar-refractivity contribution in [2.45, 2.75) is 32.0 Å². The number of methoxy groups -OCH3 is 3. The zero-order valence-electron chi connectivity index (χ0n) is 20.4. The Balaban J connectivity index is 1.93. The SMILES string of the molecule is COCCOCO[C@@H](C)[C@H]1[C@H](C(C)=O)C(=O)N1C(c1ccc(OC)cc1)c1ccc(OC)cc1. The van der Waals surface area contributed by atoms with Crippen molar-refractivity contribution in [3.63, 3.8) is 0 Å². The van der Waals surface area contributed by atoms with Gasteiger partial charge in [0, 0.05) is 7.11 Å². The van der Waals surface area contributed by atoms with Crippen LogP contribution in [0.3, 0.4) is 0 Å². The van der Waals surface area contributed by atoms with Gasteiger partial charge in [0.15, 0.2) is 0 Å². The average molecular weight is 472 g/mol. The number of nitrogens with zero attached hydrogens (tertiary/aromatic N) is 1. The molecule has 8 heteroatoms. The van der Waals surface area contributed by atoms with Gasteiger partial charge in [0.25, 0.3) is 0 Å². The second kappa shape index (κ2) is 12.0. The molecule has 1 heterocycles. The predicted molar refractivity (Wildman–Crippen MR) is 126 cm³/mol. The summed E-state index contributed by atoms with van der Waals surface area (Å²) in [6.45, 7) is 4.21. The normalized spacial score (nSPS) is 18.5. The number of ether oxygens (including phenoxy) is 5. The van der Waals surface area contributed by atoms with Crippen LogP contribution in [0, 0.1) is 5.92 Å². The van der Waals surface area contributed by atoms with Crippen molar-refractivity contribution >= 4 is 11.7 Å². The quantitative estimate of drug-likeness (QED) is 0.192. The van der Waals surface area contributed by atoms with Crippen LogP contribution in [0.15, 0.2) is 48.5 Å². The van der Waals surface area contributed by atoms with Crippen LogP contribution in [0.1, 0.15) is 31.0 Å². The van der Waals surface area contributed by atoms with E-state index >= 15 is 0 Å². The number of hydrogen-bond donors (Lipinski definition) is 0. The van der Waals surface area contributed by atoms with E-state index in [9.17, 15) is 9.59 Å². The minimum absolute atomic E-state index is 0.0451. The largest absolute Gasteiger partial charge is 0.497 e. The number of carbonyl (C=O) groups excluding carboxylic acids is 2. The highest BCUT2D eigenvalue weighted by molar-refractivity contribution is 6.06. The zero-order chi connectivity index (χ0) is 24.7. The van der Waals surface area contributed by atoms with Crippen LogP contribution in [-0.2, 0) is 23.8 Å². The minimum Gasteiger partial charge on any atom is -0.497 e. The van der Waals surface area contributed by atoms with Crippen LogP contribution in [0.4, 0.5) is 0 Å². The van der Waals surface area contributed by atoms with E-state index in [1.807, 2.05) is 55.5 Å². The van der Waals surface area contributed by atoms with Crippen molar-refractivity contribution in [1.29, 1.82) is 0 Å². The van der Waals surface area contributed by atoms with Gasteiger partial charge in [0.05, 0.1) is 45.6 Å². The Kier molecular flexibility index (Phi) is 9.04. The summed E-state index contributed by atoms with van der Waals surface area (Å²) in [5.74, 6) is 0.286. The lowest BCUT2D eigenvalue weighted by Gasteiger charge is -2.52. The molecule has 0 bridgehead atoms. The fourth-order valence-corrected chi connectivity index (χ4v) is 4.28. The van der Waals surface area contributed by atoms with E-state index in [0.717, 1.165) is 22.6 Å². The first-order valence-corrected chi connectivity index (χ1v) is 11.2. The molecule has 1 aliphatic heterocycles. The van der Waals surface area contributed by atoms with Crippen molar-refractivity contribution < 1.29 is 33.3 Å². The third-order valence-electron chi connectivity index (χ3n) is 6.09. The highest BCUT2D eigenvalue weighted by Gasteiger charge is 2.55. The molecule has 0 unspecified atom stereocenters. The van der Waals surface area contributed by atoms with Crippen LogP contribution in [0.2, 0.25) is 0 Å². The Morgan fingerprint density at radius 2 is 1.44 bits per heavy atom. The van der Waals surface area contributed by atoms with Gasteiger partial charge in [-0.15, -0.1) is 0 Å². The Labute approximate surface area is 200 Å². The van der Waals surface area contributed by atoms with Gasteiger partial charge >= 0.3 is 0 Å². The molecule has 3 rings (SSSR count). The second-order valence-corrected chi connectivity index (χ2v) is 8.16. The van der Waals surface area contributed by atoms with Crippen molar-refractivity contribution in [2.24, 2.45) is 5.92 Å². The maximum atomic E-state index is 13.3. The number of carbonyl (C=O) groups is 2. The molecule has 1 saturated heterocycles. The lowest BCUT2D eigenvalue weighted by molar-refractivity contribution is -0.182. The molecular formula is C26H33NO7. The summed E-state index contributed by atoms with van der Waals surface area (Å²) in [5, 5.41) is 0. The first-order valence-electron chi connectivity index (χ1n) is 11.2. The zero-order valence-corrected chi connectivity index (χ0v) is 20.4. The highest BCUT2D eigenvalue weighted by atomic mass is 16.7. The first kappa shape index (κ1) is 25.7. The van der Waals surface area contributed by atoms with E-state index in [-0.39, 0.29) is 18.5 Å². The monoisotopic (exact) mass is 471 g/mol. The second-order valence-electron chi connectivity index (χ2n) is 8.16. The van der Waals surface area contributed by atoms with Crippen molar-refractivity contribution in [3.05, 3.63) is 59.7 Å². The maximum Gasteiger partial charge on any atom is 0.236 e. The van der Waals surface area contributed by atoms with E-state index in [0.29, 0.717) is 13.2 Å². The summed E-state index contributed by atoms with van der Waals surface area (Å²) in [4.78, 5) is 27.5. The number of rotatable bonds is 13. The van der Waals surface area contributed by atoms with Gasteiger partial charge in [-0.3, -0.25) is 9.59 Å². The molecule has 8 nitrogen and oxygen atoms in total. The summed E-state index contributed by atoms with van der Waals surface area (Å²) >= 11 is 0. The van der Waals surface area contributed by atoms with E-state index in [4.69, 9.17) is 23.7 Å². The Hall–Kier alpha value is -2.94. The Morgan fingerprint density at radius 1 is 0.912 bits per heavy atom. The topological polar surface area (TPSA) is 83.5 Å². The predicted octanol–water partition coefficient (Wildman–Crippen LogP) is 3.23. The molecule has 0 N–H and O–H groups in total. The standard InChI is InChI=1S/C26H33NO7/c1-17(28)23-24(18(2)34-16-33-15-14-30-3)27(26(23)29)25(19-6-10-21(31-4)11-7-19)20-8-12-22(32-5)13-9-20/h6-13,18,23-25H,14-16H2,1-5H3/t18-,23-,24-/m0/s1. The number of hydrogen-bond acceptors (Lipinski definition) is 7. The first-order chi connectivity index (χ1) is 16.4. The number of amides is 1. The third-order valence-corrected chi connectivity index (χ3v) is 6.09. The van der Waals surface area contributed by atoms with Crippen LogP contribution >= 0.6 is 0 Å². The number of benzene rings is 2. The van der Waals surface area contributed by atoms with Crippen molar-refractivity contribution in [1.82, 2.24) is 4.90 Å². The number of Topliss-reactive ketones (excluding diaryl/α,β-unsaturated/α-hetero) is 1. The van der Waals surface area contributed by atoms with Crippen molar-refractivity contribution in [3.8, 4) is 11.5 Å². The summed E-state index contributed by atoms with van der Waals surface area (Å²) in [6, 6.07) is 14.3. The van der Waals surface area contributed by atoms with E-state index in [1.54, 1.807) is 26.2 Å². The lowest BCUT2D eigenvalue weighted by Crippen LogP contribution is -2.68. The number of likely N-dealkylation sites (tertiary alicyclic amines) is 1. The van der Waals surface area contributed by atoms with E-state index in [2.05, 4.69) is 0 Å². The van der Waals surface area contributed by atoms with Crippen LogP contribution in [-0.4, -0.2) is 70.1 Å². The lowest BCUT2D eigenvalue weighted by atomic mass is 9.78. The van der Waals surface area contributed by atoms with Crippen LogP contribution in [0.25, 0.3) is 0 Å². The summed E-state index contributed by atoms with van der Waals surface area (Å²) in [7, 11) is 4.81. The molecule has 1 amide bonds. The molecule has 2 aromatic rings. The van der Waals surface area contributed by atoms with Gasteiger partial charge in [-0.1, -0.05) is 24.3 Å². The molecule has 184 valence electrons. The third kappa shape index (κ3) is 5.58. The summed E-state index contributed by atoms with van der Waals surface area (Å²) < 4.78 is 26.9. The fourth-order valence-electron chi connectivity index (χ4n) is 4.28. The van der Waals surface area contributed by atoms with Crippen LogP contribution in [0.5, 0.6) is 11.5 Å². The van der Waals surface area contributed by atoms with E-state index in [1.165, 1.54) is 6.92 Å². The maximum absolute atomic E-state index is 13.3. The number of β-lactam (4-membered cyclic amide) rings is 1. The van der Waals surface area contributed by atoms with Gasteiger partial charge in [-0.2, -0.15) is 0 Å². The van der Waals surface area contributed by atoms with Gasteiger partial charge in [-0.25, -0.2) is 0 Å². The van der Waals surface area contributed by atoms with Crippen molar-refractivity contribution in [2.75, 3.05) is 41.3 Å². The molecule has 1 fully saturated rings. The minimum atomic E-state index is -0.757. The van der Waals surface area contributed by atoms with Gasteiger partial charge in [-0.05, 0) is 49.2 Å². The van der Waals surface area contributed by atoms with E-state index < -0.39 is 24.1 Å². The van der Waals surface area contributed by atoms with Gasteiger partial charge in [0.2, 0.25) is 5.91 Å². The Morgan fingerprint density at radius 3 is 1.88 bits per heavy atom. The molecule has 0 spiro atoms. The molecule has 0 aromatic heterocycles. The van der Waals surface area contributed by atoms with Gasteiger partial charge in [0.1, 0.15) is 30.0 Å². The fraction of sp³-hybridized carbons (Fsp3) is 0.462. The van der Waals surface area contributed by atoms with Gasteiger partial charge < -0.3 is 28.6 Å². The molecule has 3 atom stereocenters. The smallest absolute Gasteiger partial charge is 0.236 e. The highest BCUT2D eigenvalue weighted by Crippen LogP contribution is 2.42. The molecule has 0 saturated carbocycles. The van der Waals surface area contributed by atoms with Crippen LogP contribution < -0.4 is 9.47 Å². The number of ketones is 1. The average Bonchev–Trinajstić information content (AvgIpc) is 2.85. The Bertz CT molecular complexity index is 897. The molecule has 0 radical (unpaired) electrons. The molecule has 2 aromatic carbocycles. The molecule has 1 aliphatic rings.